The summed E-state index contributed by atoms with van der Waals surface area (Å²) in [6.07, 6.45) is -5.75. The number of halogens is 6. The van der Waals surface area contributed by atoms with Crippen molar-refractivity contribution in [1.29, 1.82) is 0 Å². The molecular formula is C10H8F6N2S3. The maximum Gasteiger partial charge on any atom is 0.301 e. The predicted octanol–water partition coefficient (Wildman–Crippen LogP) is 5.70. The molecule has 2 nitrogen and oxygen atoms in total. The zero-order chi connectivity index (χ0) is 16.0. The smallest absolute Gasteiger partial charge is 0.243 e. The second-order valence-electron chi connectivity index (χ2n) is 3.54. The van der Waals surface area contributed by atoms with E-state index in [0.29, 0.717) is 4.34 Å². The summed E-state index contributed by atoms with van der Waals surface area (Å²) < 4.78 is 74.4. The fourth-order valence-electron chi connectivity index (χ4n) is 1.11. The molecule has 0 radical (unpaired) electrons. The second kappa shape index (κ2) is 8.59. The summed E-state index contributed by atoms with van der Waals surface area (Å²) in [5, 5.41) is 3.92. The van der Waals surface area contributed by atoms with Crippen LogP contribution in [0.2, 0.25) is 0 Å². The molecule has 0 bridgehead atoms. The van der Waals surface area contributed by atoms with Gasteiger partial charge in [0.25, 0.3) is 0 Å². The fourth-order valence-corrected chi connectivity index (χ4v) is 3.50. The van der Waals surface area contributed by atoms with E-state index in [0.717, 1.165) is 27.8 Å². The van der Waals surface area contributed by atoms with Gasteiger partial charge in [0.05, 0.1) is 0 Å². The van der Waals surface area contributed by atoms with Gasteiger partial charge in [-0.1, -0.05) is 23.1 Å². The second-order valence-corrected chi connectivity index (χ2v) is 6.50. The summed E-state index contributed by atoms with van der Waals surface area (Å²) in [7, 11) is 0. The Labute approximate surface area is 129 Å². The highest BCUT2D eigenvalue weighted by Crippen LogP contribution is 2.25. The van der Waals surface area contributed by atoms with Gasteiger partial charge in [0.15, 0.2) is 19.9 Å². The van der Waals surface area contributed by atoms with Crippen molar-refractivity contribution in [1.82, 2.24) is 9.78 Å². The Morgan fingerprint density at radius 1 is 1.05 bits per heavy atom. The Morgan fingerprint density at radius 2 is 1.62 bits per heavy atom. The molecule has 0 spiro atoms. The maximum atomic E-state index is 12.7. The first-order valence-corrected chi connectivity index (χ1v) is 7.62. The van der Waals surface area contributed by atoms with E-state index in [4.69, 9.17) is 12.2 Å². The number of hydrogen-bond acceptors (Lipinski definition) is 4. The molecule has 0 N–H and O–H groups in total. The van der Waals surface area contributed by atoms with E-state index in [1.807, 2.05) is 0 Å². The van der Waals surface area contributed by atoms with Crippen molar-refractivity contribution in [3.05, 3.63) is 27.8 Å². The summed E-state index contributed by atoms with van der Waals surface area (Å²) in [5.74, 6) is -3.00. The molecule has 1 aromatic rings. The zero-order valence-electron chi connectivity index (χ0n) is 10.2. The lowest BCUT2D eigenvalue weighted by Crippen LogP contribution is -2.00. The minimum absolute atomic E-state index is 0.0266. The van der Waals surface area contributed by atoms with Crippen LogP contribution in [0, 0.1) is 3.95 Å². The number of rotatable bonds is 7. The van der Waals surface area contributed by atoms with Crippen LogP contribution in [0.1, 0.15) is 12.8 Å². The van der Waals surface area contributed by atoms with Crippen LogP contribution < -0.4 is 0 Å². The normalized spacial score (nSPS) is 10.6. The average molecular weight is 366 g/mol. The number of aryl methyl sites for hydroxylation is 1. The molecule has 21 heavy (non-hydrogen) atoms. The summed E-state index contributed by atoms with van der Waals surface area (Å²) in [4.78, 5) is 0. The van der Waals surface area contributed by atoms with E-state index in [1.54, 1.807) is 0 Å². The minimum Gasteiger partial charge on any atom is -0.243 e. The van der Waals surface area contributed by atoms with Gasteiger partial charge in [0.2, 0.25) is 0 Å². The first-order chi connectivity index (χ1) is 9.81. The molecule has 0 saturated heterocycles. The molecule has 0 fully saturated rings. The molecule has 0 atom stereocenters. The van der Waals surface area contributed by atoms with Gasteiger partial charge in [-0.15, -0.1) is 0 Å². The molecule has 0 saturated carbocycles. The lowest BCUT2D eigenvalue weighted by molar-refractivity contribution is 0.363. The van der Waals surface area contributed by atoms with Gasteiger partial charge in [-0.3, -0.25) is 0 Å². The Hall–Kier alpha value is -0.810. The van der Waals surface area contributed by atoms with Crippen LogP contribution >= 0.6 is 35.3 Å². The highest BCUT2D eigenvalue weighted by molar-refractivity contribution is 8.01. The van der Waals surface area contributed by atoms with Crippen LogP contribution in [0.15, 0.2) is 28.2 Å². The third-order valence-electron chi connectivity index (χ3n) is 2.09. The highest BCUT2D eigenvalue weighted by atomic mass is 32.2. The van der Waals surface area contributed by atoms with Crippen molar-refractivity contribution >= 4 is 35.3 Å². The van der Waals surface area contributed by atoms with Crippen molar-refractivity contribution in [2.24, 2.45) is 0 Å². The number of thioether (sulfide) groups is 1. The largest absolute Gasteiger partial charge is 0.301 e. The molecule has 0 amide bonds. The van der Waals surface area contributed by atoms with Crippen LogP contribution in [-0.2, 0) is 6.54 Å². The average Bonchev–Trinajstić information content (AvgIpc) is 2.76. The van der Waals surface area contributed by atoms with Crippen molar-refractivity contribution < 1.29 is 26.3 Å². The molecule has 1 aromatic heterocycles. The molecule has 0 unspecified atom stereocenters. The molecular weight excluding hydrogens is 358 g/mol. The standard InChI is InChI=1S/C10H8F6N2S3/c11-5(7(13)14)1-3-18-10(19)21-9(17-18)20-4-2-6(12)8(15)16/h1-4H2. The van der Waals surface area contributed by atoms with Crippen LogP contribution in [0.4, 0.5) is 26.3 Å². The topological polar surface area (TPSA) is 17.8 Å². The number of aromatic nitrogens is 2. The van der Waals surface area contributed by atoms with E-state index in [-0.39, 0.29) is 16.3 Å². The van der Waals surface area contributed by atoms with E-state index in [2.05, 4.69) is 5.10 Å². The fraction of sp³-hybridized carbons (Fsp3) is 0.400. The summed E-state index contributed by atoms with van der Waals surface area (Å²) in [6, 6.07) is 0. The Kier molecular flexibility index (Phi) is 7.46. The molecule has 0 aromatic carbocycles. The molecule has 1 rings (SSSR count). The van der Waals surface area contributed by atoms with Crippen LogP contribution in [-0.4, -0.2) is 15.5 Å². The Balaban J connectivity index is 2.57. The molecule has 11 heteroatoms. The predicted molar refractivity (Wildman–Crippen MR) is 71.6 cm³/mol. The molecule has 0 aliphatic rings. The maximum absolute atomic E-state index is 12.7. The van der Waals surface area contributed by atoms with Gasteiger partial charge in [-0.2, -0.15) is 22.7 Å². The molecule has 0 aliphatic carbocycles. The van der Waals surface area contributed by atoms with Crippen molar-refractivity contribution in [3.63, 3.8) is 0 Å². The molecule has 1 heterocycles. The van der Waals surface area contributed by atoms with Crippen LogP contribution in [0.5, 0.6) is 0 Å². The summed E-state index contributed by atoms with van der Waals surface area (Å²) in [5.41, 5.74) is 0. The Bertz CT molecular complexity index is 598. The van der Waals surface area contributed by atoms with E-state index < -0.39 is 36.7 Å². The minimum atomic E-state index is -2.39. The quantitative estimate of drug-likeness (QED) is 0.350. The third kappa shape index (κ3) is 6.22. The first-order valence-electron chi connectivity index (χ1n) is 5.41. The third-order valence-corrected chi connectivity index (χ3v) is 4.53. The van der Waals surface area contributed by atoms with Gasteiger partial charge in [-0.05, 0) is 12.2 Å². The van der Waals surface area contributed by atoms with Gasteiger partial charge in [0, 0.05) is 25.1 Å². The number of nitrogens with zero attached hydrogens (tertiary/aromatic N) is 2. The van der Waals surface area contributed by atoms with E-state index in [9.17, 15) is 26.3 Å². The SMILES string of the molecule is FC(F)=C(F)CCSc1nn(CCC(F)=C(F)F)c(=S)s1. The van der Waals surface area contributed by atoms with Gasteiger partial charge < -0.3 is 0 Å². The monoisotopic (exact) mass is 366 g/mol. The lowest BCUT2D eigenvalue weighted by atomic mass is 10.4. The van der Waals surface area contributed by atoms with Gasteiger partial charge >= 0.3 is 12.2 Å². The first kappa shape index (κ1) is 18.2. The van der Waals surface area contributed by atoms with E-state index >= 15 is 0 Å². The zero-order valence-corrected chi connectivity index (χ0v) is 12.7. The van der Waals surface area contributed by atoms with Gasteiger partial charge in [0.1, 0.15) is 0 Å². The van der Waals surface area contributed by atoms with Crippen LogP contribution in [0.25, 0.3) is 0 Å². The highest BCUT2D eigenvalue weighted by Gasteiger charge is 2.10. The lowest BCUT2D eigenvalue weighted by Gasteiger charge is -1.98. The Morgan fingerprint density at radius 3 is 2.19 bits per heavy atom. The van der Waals surface area contributed by atoms with Crippen molar-refractivity contribution in [2.45, 2.75) is 23.7 Å². The number of hydrogen-bond donors (Lipinski definition) is 0. The van der Waals surface area contributed by atoms with Gasteiger partial charge in [-0.25, -0.2) is 13.5 Å². The summed E-state index contributed by atoms with van der Waals surface area (Å²) >= 11 is 6.92. The molecule has 0 aliphatic heterocycles. The number of allylic oxidation sites excluding steroid dienone is 2. The van der Waals surface area contributed by atoms with E-state index in [1.165, 1.54) is 0 Å². The summed E-state index contributed by atoms with van der Waals surface area (Å²) in [6.45, 7) is -0.160. The van der Waals surface area contributed by atoms with Crippen LogP contribution in [0.3, 0.4) is 0 Å². The molecule has 118 valence electrons. The van der Waals surface area contributed by atoms with Crippen molar-refractivity contribution in [3.8, 4) is 0 Å². The van der Waals surface area contributed by atoms with Crippen molar-refractivity contribution in [2.75, 3.05) is 5.75 Å².